The van der Waals surface area contributed by atoms with E-state index in [1.54, 1.807) is 0 Å². The number of rotatable bonds is 5. The maximum absolute atomic E-state index is 11.1. The number of thiophene rings is 1. The summed E-state index contributed by atoms with van der Waals surface area (Å²) >= 11 is 1.50. The highest BCUT2D eigenvalue weighted by Crippen LogP contribution is 2.31. The Morgan fingerprint density at radius 3 is 2.53 bits per heavy atom. The van der Waals surface area contributed by atoms with Crippen LogP contribution in [0.4, 0.5) is 5.00 Å². The summed E-state index contributed by atoms with van der Waals surface area (Å²) < 4.78 is 0. The lowest BCUT2D eigenvalue weighted by Gasteiger charge is -1.99. The molecule has 0 aliphatic heterocycles. The van der Waals surface area contributed by atoms with Crippen LogP contribution in [0.2, 0.25) is 0 Å². The van der Waals surface area contributed by atoms with Crippen LogP contribution in [0.15, 0.2) is 0 Å². The monoisotopic (exact) mass is 226 g/mol. The van der Waals surface area contributed by atoms with E-state index in [0.29, 0.717) is 10.6 Å². The number of primary amides is 1. The molecular weight excluding hydrogens is 208 g/mol. The van der Waals surface area contributed by atoms with Gasteiger partial charge in [-0.2, -0.15) is 0 Å². The third kappa shape index (κ3) is 2.72. The Morgan fingerprint density at radius 2 is 2.07 bits per heavy atom. The molecule has 0 radical (unpaired) electrons. The number of hydrogen-bond acceptors (Lipinski definition) is 3. The van der Waals surface area contributed by atoms with Crippen molar-refractivity contribution in [2.75, 3.05) is 5.73 Å². The molecular formula is C11H18N2OS. The van der Waals surface area contributed by atoms with E-state index >= 15 is 0 Å². The van der Waals surface area contributed by atoms with E-state index in [-0.39, 0.29) is 0 Å². The second-order valence-electron chi connectivity index (χ2n) is 3.71. The minimum absolute atomic E-state index is 0.414. The smallest absolute Gasteiger partial charge is 0.251 e. The summed E-state index contributed by atoms with van der Waals surface area (Å²) in [6, 6.07) is 0. The lowest BCUT2D eigenvalue weighted by atomic mass is 10.1. The summed E-state index contributed by atoms with van der Waals surface area (Å²) in [5.41, 5.74) is 12.5. The summed E-state index contributed by atoms with van der Waals surface area (Å²) in [6.07, 6.45) is 4.56. The molecule has 3 nitrogen and oxygen atoms in total. The van der Waals surface area contributed by atoms with Crippen LogP contribution < -0.4 is 11.5 Å². The predicted octanol–water partition coefficient (Wildman–Crippen LogP) is 2.47. The highest BCUT2D eigenvalue weighted by molar-refractivity contribution is 7.16. The number of aryl methyl sites for hydroxylation is 1. The maximum atomic E-state index is 11.1. The summed E-state index contributed by atoms with van der Waals surface area (Å²) in [5.74, 6) is -0.414. The van der Waals surface area contributed by atoms with Gasteiger partial charge in [-0.25, -0.2) is 0 Å². The molecule has 1 rings (SSSR count). The Morgan fingerprint density at radius 1 is 1.40 bits per heavy atom. The van der Waals surface area contributed by atoms with Gasteiger partial charge in [0.15, 0.2) is 0 Å². The van der Waals surface area contributed by atoms with Crippen LogP contribution in [0.25, 0.3) is 0 Å². The number of unbranched alkanes of at least 4 members (excludes halogenated alkanes) is 2. The second kappa shape index (κ2) is 5.16. The number of nitrogen functional groups attached to an aromatic ring is 1. The van der Waals surface area contributed by atoms with Crippen LogP contribution >= 0.6 is 11.3 Å². The molecule has 0 aliphatic carbocycles. The quantitative estimate of drug-likeness (QED) is 0.757. The molecule has 1 amide bonds. The second-order valence-corrected chi connectivity index (χ2v) is 4.85. The fourth-order valence-corrected chi connectivity index (χ4v) is 2.79. The van der Waals surface area contributed by atoms with Gasteiger partial charge < -0.3 is 11.5 Å². The highest BCUT2D eigenvalue weighted by Gasteiger charge is 2.16. The molecule has 0 fully saturated rings. The fourth-order valence-electron chi connectivity index (χ4n) is 1.66. The number of carbonyl (C=O) groups is 1. The van der Waals surface area contributed by atoms with Crippen molar-refractivity contribution in [2.24, 2.45) is 5.73 Å². The van der Waals surface area contributed by atoms with Crippen molar-refractivity contribution in [3.05, 3.63) is 16.0 Å². The molecule has 0 bridgehead atoms. The van der Waals surface area contributed by atoms with Crippen molar-refractivity contribution in [1.82, 2.24) is 0 Å². The normalized spacial score (nSPS) is 10.5. The van der Waals surface area contributed by atoms with E-state index in [1.165, 1.54) is 29.1 Å². The molecule has 4 N–H and O–H groups in total. The number of carbonyl (C=O) groups excluding carboxylic acids is 1. The van der Waals surface area contributed by atoms with Crippen molar-refractivity contribution in [1.29, 1.82) is 0 Å². The molecule has 0 spiro atoms. The van der Waals surface area contributed by atoms with Gasteiger partial charge in [-0.15, -0.1) is 11.3 Å². The molecule has 1 aromatic heterocycles. The first kappa shape index (κ1) is 12.0. The molecule has 0 unspecified atom stereocenters. The summed E-state index contributed by atoms with van der Waals surface area (Å²) in [5, 5.41) is 0.562. The van der Waals surface area contributed by atoms with Gasteiger partial charge in [0.05, 0.1) is 10.6 Å². The molecule has 1 aromatic rings. The topological polar surface area (TPSA) is 69.1 Å². The third-order valence-corrected chi connectivity index (χ3v) is 3.71. The van der Waals surface area contributed by atoms with Gasteiger partial charge >= 0.3 is 0 Å². The van der Waals surface area contributed by atoms with Gasteiger partial charge in [0.2, 0.25) is 0 Å². The Balaban J connectivity index is 2.82. The lowest BCUT2D eigenvalue weighted by molar-refractivity contribution is 0.100. The number of amides is 1. The van der Waals surface area contributed by atoms with Crippen molar-refractivity contribution < 1.29 is 4.79 Å². The molecule has 0 aliphatic rings. The van der Waals surface area contributed by atoms with Gasteiger partial charge in [0.1, 0.15) is 0 Å². The highest BCUT2D eigenvalue weighted by atomic mass is 32.1. The van der Waals surface area contributed by atoms with Crippen molar-refractivity contribution >= 4 is 22.2 Å². The van der Waals surface area contributed by atoms with Crippen LogP contribution in [-0.4, -0.2) is 5.91 Å². The SMILES string of the molecule is CCCCCc1sc(N)c(C(N)=O)c1C. The maximum Gasteiger partial charge on any atom is 0.251 e. The zero-order valence-electron chi connectivity index (χ0n) is 9.30. The first-order valence-electron chi connectivity index (χ1n) is 5.25. The molecule has 1 heterocycles. The number of anilines is 1. The first-order valence-corrected chi connectivity index (χ1v) is 6.07. The van der Waals surface area contributed by atoms with Gasteiger partial charge in [-0.1, -0.05) is 19.8 Å². The van der Waals surface area contributed by atoms with Gasteiger partial charge in [0, 0.05) is 4.88 Å². The van der Waals surface area contributed by atoms with E-state index in [2.05, 4.69) is 6.92 Å². The zero-order chi connectivity index (χ0) is 11.4. The van der Waals surface area contributed by atoms with E-state index in [9.17, 15) is 4.79 Å². The third-order valence-electron chi connectivity index (χ3n) is 2.53. The van der Waals surface area contributed by atoms with Gasteiger partial charge in [-0.05, 0) is 25.3 Å². The molecule has 0 aromatic carbocycles. The largest absolute Gasteiger partial charge is 0.390 e. The van der Waals surface area contributed by atoms with E-state index < -0.39 is 5.91 Å². The van der Waals surface area contributed by atoms with Crippen LogP contribution in [-0.2, 0) is 6.42 Å². The Kier molecular flexibility index (Phi) is 4.15. The van der Waals surface area contributed by atoms with Crippen molar-refractivity contribution in [3.8, 4) is 0 Å². The van der Waals surface area contributed by atoms with Gasteiger partial charge in [-0.3, -0.25) is 4.79 Å². The first-order chi connectivity index (χ1) is 7.07. The Bertz CT molecular complexity index is 358. The summed E-state index contributed by atoms with van der Waals surface area (Å²) in [6.45, 7) is 4.10. The lowest BCUT2D eigenvalue weighted by Crippen LogP contribution is -2.13. The Hall–Kier alpha value is -1.03. The van der Waals surface area contributed by atoms with Crippen LogP contribution in [0, 0.1) is 6.92 Å². The predicted molar refractivity (Wildman–Crippen MR) is 65.2 cm³/mol. The Labute approximate surface area is 94.5 Å². The van der Waals surface area contributed by atoms with Gasteiger partial charge in [0.25, 0.3) is 5.91 Å². The molecule has 15 heavy (non-hydrogen) atoms. The minimum atomic E-state index is -0.414. The van der Waals surface area contributed by atoms with E-state index in [4.69, 9.17) is 11.5 Å². The number of hydrogen-bond donors (Lipinski definition) is 2. The molecule has 0 saturated carbocycles. The average Bonchev–Trinajstić information content (AvgIpc) is 2.42. The van der Waals surface area contributed by atoms with Crippen molar-refractivity contribution in [3.63, 3.8) is 0 Å². The van der Waals surface area contributed by atoms with Crippen LogP contribution in [0.1, 0.15) is 47.0 Å². The van der Waals surface area contributed by atoms with E-state index in [1.807, 2.05) is 6.92 Å². The minimum Gasteiger partial charge on any atom is -0.390 e. The van der Waals surface area contributed by atoms with E-state index in [0.717, 1.165) is 18.4 Å². The average molecular weight is 226 g/mol. The molecule has 0 saturated heterocycles. The molecule has 4 heteroatoms. The number of nitrogens with two attached hydrogens (primary N) is 2. The zero-order valence-corrected chi connectivity index (χ0v) is 10.1. The van der Waals surface area contributed by atoms with Crippen molar-refractivity contribution in [2.45, 2.75) is 39.5 Å². The standard InChI is InChI=1S/C11H18N2OS/c1-3-4-5-6-8-7(2)9(10(12)14)11(13)15-8/h3-6,13H2,1-2H3,(H2,12,14). The summed E-state index contributed by atoms with van der Waals surface area (Å²) in [4.78, 5) is 12.3. The summed E-state index contributed by atoms with van der Waals surface area (Å²) in [7, 11) is 0. The molecule has 84 valence electrons. The fraction of sp³-hybridized carbons (Fsp3) is 0.545. The molecule has 0 atom stereocenters. The van der Waals surface area contributed by atoms with Crippen LogP contribution in [0.3, 0.4) is 0 Å². The van der Waals surface area contributed by atoms with Crippen LogP contribution in [0.5, 0.6) is 0 Å².